The van der Waals surface area contributed by atoms with Crippen LogP contribution in [-0.2, 0) is 0 Å². The number of Topliss-reactive ketones (excluding diaryl/α,β-unsaturated/α-hetero) is 1. The second-order valence-electron chi connectivity index (χ2n) is 4.49. The molecule has 1 atom stereocenters. The van der Waals surface area contributed by atoms with Gasteiger partial charge in [0, 0.05) is 18.0 Å². The van der Waals surface area contributed by atoms with Gasteiger partial charge >= 0.3 is 0 Å². The third kappa shape index (κ3) is 4.53. The molecule has 0 radical (unpaired) electrons. The second kappa shape index (κ2) is 7.95. The fourth-order valence-corrected chi connectivity index (χ4v) is 2.21. The van der Waals surface area contributed by atoms with Crippen molar-refractivity contribution in [2.45, 2.75) is 13.3 Å². The third-order valence-electron chi connectivity index (χ3n) is 2.78. The highest BCUT2D eigenvalue weighted by Crippen LogP contribution is 2.35. The Morgan fingerprint density at radius 1 is 1.32 bits per heavy atom. The topological polar surface area (TPSA) is 40.5 Å². The number of carbonyl (C=O) groups is 1. The first-order valence-electron chi connectivity index (χ1n) is 5.74. The van der Waals surface area contributed by atoms with Gasteiger partial charge in [-0.15, -0.1) is 12.4 Å². The normalized spacial score (nSPS) is 12.1. The summed E-state index contributed by atoms with van der Waals surface area (Å²) in [5.41, 5.74) is 0.369. The van der Waals surface area contributed by atoms with Gasteiger partial charge in [-0.05, 0) is 32.6 Å². The molecule has 0 saturated carbocycles. The minimum Gasteiger partial charge on any atom is -0.506 e. The quantitative estimate of drug-likeness (QED) is 0.835. The molecule has 1 N–H and O–H groups in total. The monoisotopic (exact) mass is 325 g/mol. The number of benzene rings is 1. The van der Waals surface area contributed by atoms with Gasteiger partial charge in [-0.25, -0.2) is 0 Å². The summed E-state index contributed by atoms with van der Waals surface area (Å²) in [6, 6.07) is 2.91. The fourth-order valence-electron chi connectivity index (χ4n) is 1.79. The van der Waals surface area contributed by atoms with Crippen molar-refractivity contribution in [2.75, 3.05) is 20.6 Å². The number of phenolic OH excluding ortho intramolecular Hbond substituents is 1. The average molecular weight is 327 g/mol. The molecular weight excluding hydrogens is 309 g/mol. The highest BCUT2D eigenvalue weighted by molar-refractivity contribution is 6.44. The second-order valence-corrected chi connectivity index (χ2v) is 5.25. The molecule has 0 aliphatic rings. The van der Waals surface area contributed by atoms with Crippen molar-refractivity contribution in [2.24, 2.45) is 5.92 Å². The number of aromatic hydroxyl groups is 1. The molecule has 0 amide bonds. The van der Waals surface area contributed by atoms with E-state index in [1.165, 1.54) is 12.1 Å². The predicted molar refractivity (Wildman–Crippen MR) is 82.0 cm³/mol. The molecule has 108 valence electrons. The van der Waals surface area contributed by atoms with E-state index in [-0.39, 0.29) is 39.9 Å². The molecule has 0 bridgehead atoms. The van der Waals surface area contributed by atoms with Crippen molar-refractivity contribution in [3.8, 4) is 5.75 Å². The van der Waals surface area contributed by atoms with Crippen molar-refractivity contribution in [1.82, 2.24) is 4.90 Å². The first kappa shape index (κ1) is 18.5. The molecule has 19 heavy (non-hydrogen) atoms. The lowest BCUT2D eigenvalue weighted by molar-refractivity contribution is 0.0894. The molecule has 3 nitrogen and oxygen atoms in total. The first-order valence-corrected chi connectivity index (χ1v) is 6.50. The smallest absolute Gasteiger partial charge is 0.168 e. The first-order chi connectivity index (χ1) is 8.38. The van der Waals surface area contributed by atoms with Crippen LogP contribution < -0.4 is 0 Å². The van der Waals surface area contributed by atoms with Crippen molar-refractivity contribution < 1.29 is 9.90 Å². The minimum absolute atomic E-state index is 0. The van der Waals surface area contributed by atoms with E-state index in [4.69, 9.17) is 23.2 Å². The van der Waals surface area contributed by atoms with Crippen LogP contribution in [0, 0.1) is 5.92 Å². The summed E-state index contributed by atoms with van der Waals surface area (Å²) in [7, 11) is 3.84. The van der Waals surface area contributed by atoms with Crippen LogP contribution in [0.15, 0.2) is 12.1 Å². The van der Waals surface area contributed by atoms with Gasteiger partial charge < -0.3 is 10.0 Å². The fraction of sp³-hybridized carbons (Fsp3) is 0.462. The molecule has 0 aliphatic heterocycles. The molecule has 1 unspecified atom stereocenters. The SMILES string of the molecule is CCC(CN(C)C)C(=O)c1ccc(O)c(Cl)c1Cl.Cl. The van der Waals surface area contributed by atoms with Crippen molar-refractivity contribution in [3.63, 3.8) is 0 Å². The van der Waals surface area contributed by atoms with E-state index in [0.717, 1.165) is 6.42 Å². The Morgan fingerprint density at radius 3 is 2.37 bits per heavy atom. The van der Waals surface area contributed by atoms with Crippen LogP contribution >= 0.6 is 35.6 Å². The van der Waals surface area contributed by atoms with E-state index in [1.54, 1.807) is 0 Å². The van der Waals surface area contributed by atoms with E-state index in [1.807, 2.05) is 25.9 Å². The van der Waals surface area contributed by atoms with E-state index in [2.05, 4.69) is 0 Å². The van der Waals surface area contributed by atoms with Gasteiger partial charge in [0.1, 0.15) is 10.8 Å². The number of hydrogen-bond donors (Lipinski definition) is 1. The predicted octanol–water partition coefficient (Wildman–Crippen LogP) is 3.89. The molecular formula is C13H18Cl3NO2. The Balaban J connectivity index is 0.00000324. The van der Waals surface area contributed by atoms with Crippen LogP contribution in [0.2, 0.25) is 10.0 Å². The zero-order valence-corrected chi connectivity index (χ0v) is 13.4. The standard InChI is InChI=1S/C13H17Cl2NO2.ClH/c1-4-8(7-16(2)3)13(18)9-5-6-10(17)12(15)11(9)14;/h5-6,8,17H,4,7H2,1-3H3;1H. The average Bonchev–Trinajstić information content (AvgIpc) is 2.32. The van der Waals surface area contributed by atoms with Crippen molar-refractivity contribution in [1.29, 1.82) is 0 Å². The Hall–Kier alpha value is -0.480. The summed E-state index contributed by atoms with van der Waals surface area (Å²) in [5, 5.41) is 9.57. The highest BCUT2D eigenvalue weighted by atomic mass is 35.5. The summed E-state index contributed by atoms with van der Waals surface area (Å²) in [4.78, 5) is 14.3. The Morgan fingerprint density at radius 2 is 1.89 bits per heavy atom. The number of carbonyl (C=O) groups excluding carboxylic acids is 1. The van der Waals surface area contributed by atoms with Gasteiger partial charge in [-0.1, -0.05) is 30.1 Å². The number of ketones is 1. The lowest BCUT2D eigenvalue weighted by atomic mass is 9.94. The van der Waals surface area contributed by atoms with Crippen LogP contribution in [-0.4, -0.2) is 36.4 Å². The van der Waals surface area contributed by atoms with Gasteiger partial charge in [0.2, 0.25) is 0 Å². The summed E-state index contributed by atoms with van der Waals surface area (Å²) in [6.07, 6.45) is 0.728. The van der Waals surface area contributed by atoms with Crippen LogP contribution in [0.1, 0.15) is 23.7 Å². The summed E-state index contributed by atoms with van der Waals surface area (Å²) in [5.74, 6) is -0.282. The Bertz CT molecular complexity index is 450. The molecule has 0 aromatic heterocycles. The number of phenols is 1. The van der Waals surface area contributed by atoms with E-state index in [9.17, 15) is 9.90 Å². The summed E-state index contributed by atoms with van der Waals surface area (Å²) >= 11 is 11.8. The van der Waals surface area contributed by atoms with Gasteiger partial charge in [-0.2, -0.15) is 0 Å². The zero-order valence-electron chi connectivity index (χ0n) is 11.1. The molecule has 0 heterocycles. The zero-order chi connectivity index (χ0) is 13.9. The molecule has 0 spiro atoms. The Labute approximate surface area is 129 Å². The van der Waals surface area contributed by atoms with Crippen molar-refractivity contribution in [3.05, 3.63) is 27.7 Å². The molecule has 1 aromatic carbocycles. The lowest BCUT2D eigenvalue weighted by Gasteiger charge is -2.19. The number of halogens is 3. The largest absolute Gasteiger partial charge is 0.506 e. The third-order valence-corrected chi connectivity index (χ3v) is 3.65. The Kier molecular flexibility index (Phi) is 7.75. The van der Waals surface area contributed by atoms with E-state index < -0.39 is 0 Å². The summed E-state index contributed by atoms with van der Waals surface area (Å²) < 4.78 is 0. The van der Waals surface area contributed by atoms with Crippen LogP contribution in [0.3, 0.4) is 0 Å². The molecule has 1 rings (SSSR count). The van der Waals surface area contributed by atoms with Gasteiger partial charge in [0.15, 0.2) is 5.78 Å². The molecule has 6 heteroatoms. The van der Waals surface area contributed by atoms with Crippen LogP contribution in [0.5, 0.6) is 5.75 Å². The maximum absolute atomic E-state index is 12.3. The highest BCUT2D eigenvalue weighted by Gasteiger charge is 2.23. The van der Waals surface area contributed by atoms with Crippen LogP contribution in [0.25, 0.3) is 0 Å². The molecule has 0 aliphatic carbocycles. The molecule has 1 aromatic rings. The maximum atomic E-state index is 12.3. The van der Waals surface area contributed by atoms with Gasteiger partial charge in [0.05, 0.1) is 5.02 Å². The van der Waals surface area contributed by atoms with E-state index >= 15 is 0 Å². The maximum Gasteiger partial charge on any atom is 0.168 e. The molecule has 0 fully saturated rings. The minimum atomic E-state index is -0.127. The van der Waals surface area contributed by atoms with E-state index in [0.29, 0.717) is 12.1 Å². The van der Waals surface area contributed by atoms with Crippen molar-refractivity contribution >= 4 is 41.4 Å². The molecule has 0 saturated heterocycles. The summed E-state index contributed by atoms with van der Waals surface area (Å²) in [6.45, 7) is 2.62. The lowest BCUT2D eigenvalue weighted by Crippen LogP contribution is -2.27. The number of hydrogen-bond acceptors (Lipinski definition) is 3. The van der Waals surface area contributed by atoms with Gasteiger partial charge in [-0.3, -0.25) is 4.79 Å². The van der Waals surface area contributed by atoms with Crippen LogP contribution in [0.4, 0.5) is 0 Å². The number of rotatable bonds is 5. The van der Waals surface area contributed by atoms with Gasteiger partial charge in [0.25, 0.3) is 0 Å². The number of nitrogens with zero attached hydrogens (tertiary/aromatic N) is 1.